The van der Waals surface area contributed by atoms with Crippen LogP contribution in [0.4, 0.5) is 0 Å². The second kappa shape index (κ2) is 6.19. The predicted octanol–water partition coefficient (Wildman–Crippen LogP) is 4.10. The highest BCUT2D eigenvalue weighted by atomic mass is 79.9. The van der Waals surface area contributed by atoms with Gasteiger partial charge in [0.05, 0.1) is 17.2 Å². The van der Waals surface area contributed by atoms with Crippen LogP contribution in [0.25, 0.3) is 0 Å². The van der Waals surface area contributed by atoms with Gasteiger partial charge in [0.25, 0.3) is 0 Å². The van der Waals surface area contributed by atoms with E-state index < -0.39 is 6.10 Å². The van der Waals surface area contributed by atoms with Gasteiger partial charge in [-0.1, -0.05) is 17.7 Å². The van der Waals surface area contributed by atoms with Gasteiger partial charge in [-0.2, -0.15) is 0 Å². The van der Waals surface area contributed by atoms with Crippen molar-refractivity contribution in [1.29, 1.82) is 0 Å². The fraction of sp³-hybridized carbons (Fsp3) is 0.538. The zero-order valence-electron chi connectivity index (χ0n) is 9.53. The van der Waals surface area contributed by atoms with Crippen LogP contribution < -0.4 is 0 Å². The molecule has 1 fully saturated rings. The molecule has 0 bridgehead atoms. The van der Waals surface area contributed by atoms with Crippen LogP contribution in [0.1, 0.15) is 37.4 Å². The molecule has 17 heavy (non-hydrogen) atoms. The van der Waals surface area contributed by atoms with Crippen LogP contribution >= 0.6 is 27.5 Å². The number of benzene rings is 1. The Bertz CT molecular complexity index is 378. The molecule has 1 aliphatic rings. The van der Waals surface area contributed by atoms with Crippen molar-refractivity contribution in [3.05, 3.63) is 33.3 Å². The van der Waals surface area contributed by atoms with Crippen LogP contribution in [0.15, 0.2) is 22.7 Å². The third-order valence-electron chi connectivity index (χ3n) is 3.11. The molecular formula is C13H16BrClO2. The first-order valence-corrected chi connectivity index (χ1v) is 7.08. The molecule has 0 aromatic heterocycles. The summed E-state index contributed by atoms with van der Waals surface area (Å²) in [5, 5.41) is 10.7. The van der Waals surface area contributed by atoms with Gasteiger partial charge in [-0.05, 0) is 59.3 Å². The SMILES string of the molecule is OC(CCC1CCCO1)c1ccc(Br)c(Cl)c1. The van der Waals surface area contributed by atoms with Crippen LogP contribution in [0.3, 0.4) is 0 Å². The zero-order valence-corrected chi connectivity index (χ0v) is 11.9. The summed E-state index contributed by atoms with van der Waals surface area (Å²) in [6, 6.07) is 5.58. The van der Waals surface area contributed by atoms with Gasteiger partial charge in [-0.3, -0.25) is 0 Å². The third-order valence-corrected chi connectivity index (χ3v) is 4.35. The molecule has 1 aromatic rings. The molecule has 0 saturated carbocycles. The zero-order chi connectivity index (χ0) is 12.3. The van der Waals surface area contributed by atoms with E-state index in [4.69, 9.17) is 16.3 Å². The van der Waals surface area contributed by atoms with Gasteiger partial charge >= 0.3 is 0 Å². The maximum Gasteiger partial charge on any atom is 0.0791 e. The van der Waals surface area contributed by atoms with Gasteiger partial charge in [0.1, 0.15) is 0 Å². The average Bonchev–Trinajstić information content (AvgIpc) is 2.82. The van der Waals surface area contributed by atoms with E-state index >= 15 is 0 Å². The van der Waals surface area contributed by atoms with E-state index in [-0.39, 0.29) is 0 Å². The Kier molecular flexibility index (Phi) is 4.86. The first-order valence-electron chi connectivity index (χ1n) is 5.91. The third kappa shape index (κ3) is 3.68. The Morgan fingerprint density at radius 3 is 3.00 bits per heavy atom. The molecule has 2 unspecified atom stereocenters. The molecule has 1 N–H and O–H groups in total. The van der Waals surface area contributed by atoms with Gasteiger partial charge in [-0.25, -0.2) is 0 Å². The van der Waals surface area contributed by atoms with Crippen LogP contribution in [-0.2, 0) is 4.74 Å². The second-order valence-corrected chi connectivity index (χ2v) is 5.66. The van der Waals surface area contributed by atoms with Crippen molar-refractivity contribution < 1.29 is 9.84 Å². The summed E-state index contributed by atoms with van der Waals surface area (Å²) in [5.41, 5.74) is 0.871. The van der Waals surface area contributed by atoms with Crippen molar-refractivity contribution >= 4 is 27.5 Å². The molecule has 0 spiro atoms. The van der Waals surface area contributed by atoms with Crippen molar-refractivity contribution in [3.63, 3.8) is 0 Å². The molecule has 1 saturated heterocycles. The van der Waals surface area contributed by atoms with Crippen LogP contribution in [0.5, 0.6) is 0 Å². The smallest absolute Gasteiger partial charge is 0.0791 e. The lowest BCUT2D eigenvalue weighted by Gasteiger charge is -2.14. The maximum atomic E-state index is 10.1. The topological polar surface area (TPSA) is 29.5 Å². The molecule has 2 atom stereocenters. The summed E-state index contributed by atoms with van der Waals surface area (Å²) in [4.78, 5) is 0. The van der Waals surface area contributed by atoms with E-state index in [9.17, 15) is 5.11 Å². The summed E-state index contributed by atoms with van der Waals surface area (Å²) in [6.45, 7) is 0.866. The lowest BCUT2D eigenvalue weighted by atomic mass is 10.0. The number of aliphatic hydroxyl groups is 1. The highest BCUT2D eigenvalue weighted by Gasteiger charge is 2.17. The number of hydrogen-bond donors (Lipinski definition) is 1. The van der Waals surface area contributed by atoms with Crippen molar-refractivity contribution in [3.8, 4) is 0 Å². The molecule has 2 rings (SSSR count). The maximum absolute atomic E-state index is 10.1. The summed E-state index contributed by atoms with van der Waals surface area (Å²) < 4.78 is 6.39. The molecule has 1 aromatic carbocycles. The lowest BCUT2D eigenvalue weighted by molar-refractivity contribution is 0.0812. The lowest BCUT2D eigenvalue weighted by Crippen LogP contribution is -2.07. The Labute approximate surface area is 115 Å². The first-order chi connectivity index (χ1) is 8.16. The Morgan fingerprint density at radius 1 is 1.53 bits per heavy atom. The minimum Gasteiger partial charge on any atom is -0.388 e. The summed E-state index contributed by atoms with van der Waals surface area (Å²) >= 11 is 9.34. The normalized spacial score (nSPS) is 21.7. The van der Waals surface area contributed by atoms with Crippen LogP contribution in [-0.4, -0.2) is 17.8 Å². The van der Waals surface area contributed by atoms with Gasteiger partial charge in [-0.15, -0.1) is 0 Å². The number of rotatable bonds is 4. The van der Waals surface area contributed by atoms with Crippen molar-refractivity contribution in [1.82, 2.24) is 0 Å². The molecule has 94 valence electrons. The molecular weight excluding hydrogens is 303 g/mol. The average molecular weight is 320 g/mol. The molecule has 0 radical (unpaired) electrons. The van der Waals surface area contributed by atoms with Gasteiger partial charge in [0.15, 0.2) is 0 Å². The van der Waals surface area contributed by atoms with E-state index in [0.717, 1.165) is 42.3 Å². The monoisotopic (exact) mass is 318 g/mol. The van der Waals surface area contributed by atoms with E-state index in [0.29, 0.717) is 11.1 Å². The summed E-state index contributed by atoms with van der Waals surface area (Å²) in [7, 11) is 0. The van der Waals surface area contributed by atoms with Crippen LogP contribution in [0.2, 0.25) is 5.02 Å². The fourth-order valence-corrected chi connectivity index (χ4v) is 2.54. The fourth-order valence-electron chi connectivity index (χ4n) is 2.10. The van der Waals surface area contributed by atoms with Gasteiger partial charge in [0.2, 0.25) is 0 Å². The largest absolute Gasteiger partial charge is 0.388 e. The molecule has 0 aliphatic carbocycles. The number of halogens is 2. The summed E-state index contributed by atoms with van der Waals surface area (Å²) in [6.07, 6.45) is 3.77. The van der Waals surface area contributed by atoms with E-state index in [1.165, 1.54) is 0 Å². The highest BCUT2D eigenvalue weighted by Crippen LogP contribution is 2.29. The Balaban J connectivity index is 1.89. The van der Waals surface area contributed by atoms with E-state index in [1.807, 2.05) is 18.2 Å². The molecule has 0 amide bonds. The van der Waals surface area contributed by atoms with Crippen molar-refractivity contribution in [2.75, 3.05) is 6.61 Å². The van der Waals surface area contributed by atoms with E-state index in [2.05, 4.69) is 15.9 Å². The predicted molar refractivity (Wildman–Crippen MR) is 72.3 cm³/mol. The number of ether oxygens (including phenoxy) is 1. The molecule has 2 nitrogen and oxygen atoms in total. The molecule has 1 aliphatic heterocycles. The minimum atomic E-state index is -0.454. The van der Waals surface area contributed by atoms with Crippen molar-refractivity contribution in [2.24, 2.45) is 0 Å². The minimum absolute atomic E-state index is 0.329. The quantitative estimate of drug-likeness (QED) is 0.905. The van der Waals surface area contributed by atoms with E-state index in [1.54, 1.807) is 0 Å². The van der Waals surface area contributed by atoms with Crippen LogP contribution in [0, 0.1) is 0 Å². The molecule has 1 heterocycles. The Hall–Kier alpha value is -0.0900. The number of hydrogen-bond acceptors (Lipinski definition) is 2. The van der Waals surface area contributed by atoms with Gasteiger partial charge in [0, 0.05) is 11.1 Å². The number of aliphatic hydroxyl groups excluding tert-OH is 1. The molecule has 4 heteroatoms. The van der Waals surface area contributed by atoms with Crippen molar-refractivity contribution in [2.45, 2.75) is 37.9 Å². The Morgan fingerprint density at radius 2 is 2.35 bits per heavy atom. The van der Waals surface area contributed by atoms with Gasteiger partial charge < -0.3 is 9.84 Å². The first kappa shape index (κ1) is 13.3. The second-order valence-electron chi connectivity index (χ2n) is 4.40. The standard InChI is InChI=1S/C13H16BrClO2/c14-11-5-3-9(8-12(11)15)13(16)6-4-10-2-1-7-17-10/h3,5,8,10,13,16H,1-2,4,6-7H2. The highest BCUT2D eigenvalue weighted by molar-refractivity contribution is 9.10. The summed E-state index contributed by atoms with van der Waals surface area (Å²) in [5.74, 6) is 0.